The summed E-state index contributed by atoms with van der Waals surface area (Å²) >= 11 is 17.4. The highest BCUT2D eigenvalue weighted by molar-refractivity contribution is 6.41. The maximum absolute atomic E-state index is 11.9. The lowest BCUT2D eigenvalue weighted by Gasteiger charge is -2.07. The first-order valence-electron chi connectivity index (χ1n) is 4.95. The van der Waals surface area contributed by atoms with E-state index in [1.54, 1.807) is 24.3 Å². The highest BCUT2D eigenvalue weighted by atomic mass is 35.5. The molecule has 0 aliphatic heterocycles. The molecule has 0 aliphatic carbocycles. The van der Waals surface area contributed by atoms with Crippen LogP contribution >= 0.6 is 34.8 Å². The van der Waals surface area contributed by atoms with E-state index in [0.717, 1.165) is 0 Å². The number of aromatic nitrogens is 1. The van der Waals surface area contributed by atoms with Crippen molar-refractivity contribution in [1.82, 2.24) is 4.98 Å². The summed E-state index contributed by atoms with van der Waals surface area (Å²) in [6.07, 6.45) is 1.35. The second kappa shape index (κ2) is 5.57. The molecule has 1 N–H and O–H groups in total. The smallest absolute Gasteiger partial charge is 0.257 e. The van der Waals surface area contributed by atoms with Crippen LogP contribution in [-0.2, 0) is 0 Å². The second-order valence-electron chi connectivity index (χ2n) is 3.43. The van der Waals surface area contributed by atoms with Gasteiger partial charge in [-0.25, -0.2) is 4.98 Å². The van der Waals surface area contributed by atoms with E-state index in [9.17, 15) is 4.79 Å². The van der Waals surface area contributed by atoms with Gasteiger partial charge in [0.15, 0.2) is 0 Å². The summed E-state index contributed by atoms with van der Waals surface area (Å²) < 4.78 is 0. The fourth-order valence-corrected chi connectivity index (χ4v) is 1.76. The first kappa shape index (κ1) is 13.1. The van der Waals surface area contributed by atoms with E-state index in [1.165, 1.54) is 12.3 Å². The number of carbonyl (C=O) groups is 1. The molecule has 1 aromatic heterocycles. The Balaban J connectivity index is 2.22. The van der Waals surface area contributed by atoms with Crippen molar-refractivity contribution in [2.75, 3.05) is 5.32 Å². The van der Waals surface area contributed by atoms with E-state index in [1.807, 2.05) is 0 Å². The molecule has 1 heterocycles. The highest BCUT2D eigenvalue weighted by Crippen LogP contribution is 2.23. The summed E-state index contributed by atoms with van der Waals surface area (Å²) in [5.41, 5.74) is 0.833. The number of para-hydroxylation sites is 1. The van der Waals surface area contributed by atoms with Gasteiger partial charge in [-0.15, -0.1) is 0 Å². The van der Waals surface area contributed by atoms with Crippen LogP contribution in [0.2, 0.25) is 15.2 Å². The summed E-state index contributed by atoms with van der Waals surface area (Å²) in [7, 11) is 0. The number of benzene rings is 1. The van der Waals surface area contributed by atoms with Gasteiger partial charge in [0, 0.05) is 6.20 Å². The third-order valence-electron chi connectivity index (χ3n) is 2.18. The topological polar surface area (TPSA) is 42.0 Å². The number of anilines is 1. The minimum Gasteiger partial charge on any atom is -0.321 e. The molecular weight excluding hydrogens is 295 g/mol. The van der Waals surface area contributed by atoms with Crippen molar-refractivity contribution in [3.8, 4) is 0 Å². The molecule has 3 nitrogen and oxygen atoms in total. The maximum atomic E-state index is 11.9. The minimum absolute atomic E-state index is 0.158. The molecular formula is C12H7Cl3N2O. The maximum Gasteiger partial charge on any atom is 0.257 e. The number of hydrogen-bond acceptors (Lipinski definition) is 2. The Kier molecular flexibility index (Phi) is 4.07. The first-order chi connectivity index (χ1) is 8.58. The molecule has 2 rings (SSSR count). The molecule has 0 saturated heterocycles. The average Bonchev–Trinajstić information content (AvgIpc) is 2.35. The molecule has 2 aromatic rings. The lowest BCUT2D eigenvalue weighted by atomic mass is 10.2. The molecule has 92 valence electrons. The first-order valence-corrected chi connectivity index (χ1v) is 6.08. The summed E-state index contributed by atoms with van der Waals surface area (Å²) in [5.74, 6) is -0.353. The summed E-state index contributed by atoms with van der Waals surface area (Å²) in [6.45, 7) is 0. The van der Waals surface area contributed by atoms with Crippen LogP contribution in [0.4, 0.5) is 5.69 Å². The Labute approximate surface area is 119 Å². The van der Waals surface area contributed by atoms with Gasteiger partial charge in [0.25, 0.3) is 5.91 Å². The summed E-state index contributed by atoms with van der Waals surface area (Å²) in [6, 6.07) is 8.38. The molecule has 0 saturated carbocycles. The number of rotatable bonds is 2. The second-order valence-corrected chi connectivity index (χ2v) is 4.60. The molecule has 0 fully saturated rings. The van der Waals surface area contributed by atoms with Gasteiger partial charge in [-0.05, 0) is 18.2 Å². The Bertz CT molecular complexity index is 602. The van der Waals surface area contributed by atoms with Crippen LogP contribution < -0.4 is 5.32 Å². The van der Waals surface area contributed by atoms with Crippen LogP contribution in [0.15, 0.2) is 36.5 Å². The number of nitrogens with zero attached hydrogens (tertiary/aromatic N) is 1. The molecule has 1 aromatic carbocycles. The van der Waals surface area contributed by atoms with Crippen LogP contribution in [0.25, 0.3) is 0 Å². The molecule has 0 aliphatic rings. The third kappa shape index (κ3) is 2.93. The average molecular weight is 302 g/mol. The van der Waals surface area contributed by atoms with Gasteiger partial charge in [0.05, 0.1) is 21.3 Å². The van der Waals surface area contributed by atoms with E-state index in [4.69, 9.17) is 34.8 Å². The molecule has 6 heteroatoms. The van der Waals surface area contributed by atoms with Crippen molar-refractivity contribution in [2.24, 2.45) is 0 Å². The van der Waals surface area contributed by atoms with Crippen molar-refractivity contribution < 1.29 is 4.79 Å². The predicted molar refractivity (Wildman–Crippen MR) is 73.7 cm³/mol. The fraction of sp³-hybridized carbons (Fsp3) is 0. The van der Waals surface area contributed by atoms with E-state index < -0.39 is 0 Å². The molecule has 1 amide bonds. The number of hydrogen-bond donors (Lipinski definition) is 1. The van der Waals surface area contributed by atoms with Crippen LogP contribution in [0.5, 0.6) is 0 Å². The largest absolute Gasteiger partial charge is 0.321 e. The SMILES string of the molecule is O=C(Nc1ccccc1Cl)c1cnc(Cl)c(Cl)c1. The van der Waals surface area contributed by atoms with Gasteiger partial charge >= 0.3 is 0 Å². The third-order valence-corrected chi connectivity index (χ3v) is 3.20. The number of carbonyl (C=O) groups excluding carboxylic acids is 1. The Morgan fingerprint density at radius 1 is 1.11 bits per heavy atom. The van der Waals surface area contributed by atoms with Crippen LogP contribution in [0, 0.1) is 0 Å². The van der Waals surface area contributed by atoms with Gasteiger partial charge in [0.1, 0.15) is 5.15 Å². The zero-order valence-electron chi connectivity index (χ0n) is 8.95. The zero-order chi connectivity index (χ0) is 13.1. The molecule has 18 heavy (non-hydrogen) atoms. The molecule has 0 spiro atoms. The van der Waals surface area contributed by atoms with Gasteiger partial charge < -0.3 is 5.32 Å². The van der Waals surface area contributed by atoms with Crippen molar-refractivity contribution in [3.05, 3.63) is 57.3 Å². The fourth-order valence-electron chi connectivity index (χ4n) is 1.30. The quantitative estimate of drug-likeness (QED) is 0.841. The van der Waals surface area contributed by atoms with Gasteiger partial charge in [-0.3, -0.25) is 4.79 Å². The number of amides is 1. The van der Waals surface area contributed by atoms with Crippen molar-refractivity contribution in [2.45, 2.75) is 0 Å². The molecule has 0 radical (unpaired) electrons. The van der Waals surface area contributed by atoms with E-state index >= 15 is 0 Å². The minimum atomic E-state index is -0.353. The Hall–Kier alpha value is -1.29. The van der Waals surface area contributed by atoms with Crippen LogP contribution in [0.3, 0.4) is 0 Å². The predicted octanol–water partition coefficient (Wildman–Crippen LogP) is 4.29. The highest BCUT2D eigenvalue weighted by Gasteiger charge is 2.10. The van der Waals surface area contributed by atoms with E-state index in [-0.39, 0.29) is 16.1 Å². The zero-order valence-corrected chi connectivity index (χ0v) is 11.2. The number of pyridine rings is 1. The van der Waals surface area contributed by atoms with Gasteiger partial charge in [-0.1, -0.05) is 46.9 Å². The number of nitrogens with one attached hydrogen (secondary N) is 1. The van der Waals surface area contributed by atoms with Crippen molar-refractivity contribution >= 4 is 46.4 Å². The lowest BCUT2D eigenvalue weighted by molar-refractivity contribution is 0.102. The van der Waals surface area contributed by atoms with Crippen LogP contribution in [0.1, 0.15) is 10.4 Å². The lowest BCUT2D eigenvalue weighted by Crippen LogP contribution is -2.12. The summed E-state index contributed by atoms with van der Waals surface area (Å²) in [5, 5.41) is 3.50. The standard InChI is InChI=1S/C12H7Cl3N2O/c13-8-3-1-2-4-10(8)17-12(18)7-5-9(14)11(15)16-6-7/h1-6H,(H,17,18). The van der Waals surface area contributed by atoms with E-state index in [0.29, 0.717) is 16.3 Å². The Morgan fingerprint density at radius 3 is 2.50 bits per heavy atom. The molecule has 0 unspecified atom stereocenters. The number of halogens is 3. The summed E-state index contributed by atoms with van der Waals surface area (Å²) in [4.78, 5) is 15.7. The van der Waals surface area contributed by atoms with Crippen molar-refractivity contribution in [1.29, 1.82) is 0 Å². The van der Waals surface area contributed by atoms with Crippen molar-refractivity contribution in [3.63, 3.8) is 0 Å². The monoisotopic (exact) mass is 300 g/mol. The normalized spacial score (nSPS) is 10.2. The van der Waals surface area contributed by atoms with Gasteiger partial charge in [0.2, 0.25) is 0 Å². The van der Waals surface area contributed by atoms with Crippen LogP contribution in [-0.4, -0.2) is 10.9 Å². The Morgan fingerprint density at radius 2 is 1.83 bits per heavy atom. The van der Waals surface area contributed by atoms with Gasteiger partial charge in [-0.2, -0.15) is 0 Å². The van der Waals surface area contributed by atoms with E-state index in [2.05, 4.69) is 10.3 Å². The molecule has 0 bridgehead atoms. The molecule has 0 atom stereocenters.